The van der Waals surface area contributed by atoms with Gasteiger partial charge < -0.3 is 14.9 Å². The number of carbonyl (C=O) groups excluding carboxylic acids is 2. The van der Waals surface area contributed by atoms with Crippen LogP contribution >= 0.6 is 0 Å². The molecule has 2 aliphatic rings. The molecule has 2 aliphatic heterocycles. The summed E-state index contributed by atoms with van der Waals surface area (Å²) in [6.45, 7) is 2.45. The van der Waals surface area contributed by atoms with Gasteiger partial charge in [-0.2, -0.15) is 0 Å². The van der Waals surface area contributed by atoms with E-state index in [9.17, 15) is 14.7 Å². The SMILES string of the molecule is Cc1cccc(-c2ccc([C@H]3[C@H]4CN(C(=O)c5cccnc5)CC(=O)N4[C@H]3CO)cc2)c1. The third kappa shape index (κ3) is 3.46. The number of piperazine rings is 1. The van der Waals surface area contributed by atoms with E-state index >= 15 is 0 Å². The Kier molecular flexibility index (Phi) is 5.23. The first-order chi connectivity index (χ1) is 15.6. The van der Waals surface area contributed by atoms with Crippen LogP contribution in [0, 0.1) is 6.92 Å². The fraction of sp³-hybridized carbons (Fsp3) is 0.269. The molecule has 0 radical (unpaired) electrons. The standard InChI is InChI=1S/C26H25N3O3/c1-17-4-2-5-20(12-17)18-7-9-19(10-8-18)25-22-14-28(15-24(31)29(22)23(25)16-30)26(32)21-6-3-11-27-13-21/h2-13,22-23,25,30H,14-16H2,1H3/t22-,23+,25+/m1/s1. The fourth-order valence-corrected chi connectivity index (χ4v) is 5.05. The number of hydrogen-bond donors (Lipinski definition) is 1. The average molecular weight is 428 g/mol. The van der Waals surface area contributed by atoms with Crippen LogP contribution in [0.15, 0.2) is 73.1 Å². The number of hydrogen-bond acceptors (Lipinski definition) is 4. The molecule has 2 saturated heterocycles. The second-order valence-corrected chi connectivity index (χ2v) is 8.56. The van der Waals surface area contributed by atoms with E-state index in [2.05, 4.69) is 54.4 Å². The molecule has 6 nitrogen and oxygen atoms in total. The lowest BCUT2D eigenvalue weighted by Gasteiger charge is -2.58. The highest BCUT2D eigenvalue weighted by Gasteiger charge is 2.54. The summed E-state index contributed by atoms with van der Waals surface area (Å²) in [6, 6.07) is 19.7. The maximum atomic E-state index is 12.9. The third-order valence-corrected chi connectivity index (χ3v) is 6.59. The van der Waals surface area contributed by atoms with Crippen LogP contribution in [-0.2, 0) is 4.79 Å². The molecule has 2 fully saturated rings. The average Bonchev–Trinajstić information content (AvgIpc) is 2.81. The van der Waals surface area contributed by atoms with Gasteiger partial charge in [-0.05, 0) is 35.7 Å². The van der Waals surface area contributed by atoms with Crippen molar-refractivity contribution in [1.29, 1.82) is 0 Å². The van der Waals surface area contributed by atoms with Crippen LogP contribution in [0.2, 0.25) is 0 Å². The molecule has 0 aliphatic carbocycles. The van der Waals surface area contributed by atoms with Crippen LogP contribution in [0.5, 0.6) is 0 Å². The van der Waals surface area contributed by atoms with Crippen molar-refractivity contribution in [2.45, 2.75) is 24.9 Å². The van der Waals surface area contributed by atoms with Gasteiger partial charge in [0.2, 0.25) is 5.91 Å². The van der Waals surface area contributed by atoms with Crippen LogP contribution in [0.25, 0.3) is 11.1 Å². The Balaban J connectivity index is 1.39. The van der Waals surface area contributed by atoms with Gasteiger partial charge in [-0.3, -0.25) is 14.6 Å². The second-order valence-electron chi connectivity index (χ2n) is 8.56. The Bertz CT molecular complexity index is 1150. The van der Waals surface area contributed by atoms with Gasteiger partial charge in [0.25, 0.3) is 5.91 Å². The Morgan fingerprint density at radius 1 is 1.09 bits per heavy atom. The number of aromatic nitrogens is 1. The molecule has 2 aromatic carbocycles. The third-order valence-electron chi connectivity index (χ3n) is 6.59. The molecule has 5 rings (SSSR count). The minimum absolute atomic E-state index is 0.0139. The molecule has 6 heteroatoms. The van der Waals surface area contributed by atoms with Gasteiger partial charge in [-0.1, -0.05) is 54.1 Å². The van der Waals surface area contributed by atoms with E-state index in [0.29, 0.717) is 12.1 Å². The van der Waals surface area contributed by atoms with Crippen molar-refractivity contribution in [3.05, 3.63) is 89.7 Å². The summed E-state index contributed by atoms with van der Waals surface area (Å²) in [4.78, 5) is 33.1. The van der Waals surface area contributed by atoms with Crippen molar-refractivity contribution in [1.82, 2.24) is 14.8 Å². The number of aliphatic hydroxyl groups is 1. The number of rotatable bonds is 4. The van der Waals surface area contributed by atoms with Crippen molar-refractivity contribution in [2.75, 3.05) is 19.7 Å². The number of nitrogens with zero attached hydrogens (tertiary/aromatic N) is 3. The number of carbonyl (C=O) groups is 2. The van der Waals surface area contributed by atoms with E-state index in [1.165, 1.54) is 11.8 Å². The number of pyridine rings is 1. The molecular weight excluding hydrogens is 402 g/mol. The molecule has 3 heterocycles. The molecule has 3 aromatic rings. The van der Waals surface area contributed by atoms with E-state index in [1.54, 1.807) is 28.1 Å². The highest BCUT2D eigenvalue weighted by Crippen LogP contribution is 2.43. The molecule has 162 valence electrons. The van der Waals surface area contributed by atoms with E-state index in [0.717, 1.165) is 16.7 Å². The summed E-state index contributed by atoms with van der Waals surface area (Å²) in [6.07, 6.45) is 3.14. The van der Waals surface area contributed by atoms with Gasteiger partial charge in [0.05, 0.1) is 24.3 Å². The maximum Gasteiger partial charge on any atom is 0.255 e. The van der Waals surface area contributed by atoms with Gasteiger partial charge in [0, 0.05) is 24.9 Å². The number of aryl methyl sites for hydroxylation is 1. The highest BCUT2D eigenvalue weighted by molar-refractivity contribution is 5.97. The highest BCUT2D eigenvalue weighted by atomic mass is 16.3. The van der Waals surface area contributed by atoms with Gasteiger partial charge in [0.15, 0.2) is 0 Å². The van der Waals surface area contributed by atoms with Crippen LogP contribution in [0.1, 0.15) is 27.4 Å². The molecule has 2 amide bonds. The molecule has 3 atom stereocenters. The van der Waals surface area contributed by atoms with Crippen molar-refractivity contribution in [2.24, 2.45) is 0 Å². The number of benzene rings is 2. The van der Waals surface area contributed by atoms with Crippen LogP contribution in [0.4, 0.5) is 0 Å². The number of amides is 2. The van der Waals surface area contributed by atoms with Crippen molar-refractivity contribution >= 4 is 11.8 Å². The van der Waals surface area contributed by atoms with Crippen LogP contribution in [0.3, 0.4) is 0 Å². The predicted molar refractivity (Wildman–Crippen MR) is 121 cm³/mol. The Labute approximate surface area is 187 Å². The Morgan fingerprint density at radius 2 is 1.91 bits per heavy atom. The molecular formula is C26H25N3O3. The minimum atomic E-state index is -0.257. The first-order valence-corrected chi connectivity index (χ1v) is 10.8. The molecule has 32 heavy (non-hydrogen) atoms. The minimum Gasteiger partial charge on any atom is -0.394 e. The van der Waals surface area contributed by atoms with E-state index in [1.807, 2.05) is 6.07 Å². The lowest BCUT2D eigenvalue weighted by Crippen LogP contribution is -2.73. The topological polar surface area (TPSA) is 73.7 Å². The first-order valence-electron chi connectivity index (χ1n) is 10.8. The summed E-state index contributed by atoms with van der Waals surface area (Å²) >= 11 is 0. The first kappa shape index (κ1) is 20.4. The zero-order valence-corrected chi connectivity index (χ0v) is 17.9. The maximum absolute atomic E-state index is 12.9. The zero-order valence-electron chi connectivity index (χ0n) is 17.9. The lowest BCUT2D eigenvalue weighted by atomic mass is 9.73. The van der Waals surface area contributed by atoms with Gasteiger partial charge in [0.1, 0.15) is 6.54 Å². The van der Waals surface area contributed by atoms with Crippen molar-refractivity contribution in [3.63, 3.8) is 0 Å². The Hall–Kier alpha value is -3.51. The van der Waals surface area contributed by atoms with Crippen LogP contribution < -0.4 is 0 Å². The largest absolute Gasteiger partial charge is 0.394 e. The number of fused-ring (bicyclic) bond motifs is 1. The van der Waals surface area contributed by atoms with E-state index in [-0.39, 0.29) is 43.0 Å². The molecule has 0 saturated carbocycles. The predicted octanol–water partition coefficient (Wildman–Crippen LogP) is 2.87. The number of aliphatic hydroxyl groups excluding tert-OH is 1. The normalized spacial score (nSPS) is 22.3. The smallest absolute Gasteiger partial charge is 0.255 e. The zero-order chi connectivity index (χ0) is 22.2. The van der Waals surface area contributed by atoms with Gasteiger partial charge in [-0.15, -0.1) is 0 Å². The summed E-state index contributed by atoms with van der Waals surface area (Å²) in [7, 11) is 0. The molecule has 0 unspecified atom stereocenters. The van der Waals surface area contributed by atoms with Crippen LogP contribution in [-0.4, -0.2) is 63.5 Å². The molecule has 0 spiro atoms. The van der Waals surface area contributed by atoms with E-state index in [4.69, 9.17) is 0 Å². The lowest BCUT2D eigenvalue weighted by molar-refractivity contribution is -0.159. The van der Waals surface area contributed by atoms with Crippen molar-refractivity contribution < 1.29 is 14.7 Å². The Morgan fingerprint density at radius 3 is 2.59 bits per heavy atom. The second kappa shape index (κ2) is 8.20. The molecule has 1 N–H and O–H groups in total. The monoisotopic (exact) mass is 427 g/mol. The summed E-state index contributed by atoms with van der Waals surface area (Å²) < 4.78 is 0. The van der Waals surface area contributed by atoms with Gasteiger partial charge in [-0.25, -0.2) is 0 Å². The van der Waals surface area contributed by atoms with Gasteiger partial charge >= 0.3 is 0 Å². The molecule has 1 aromatic heterocycles. The molecule has 0 bridgehead atoms. The summed E-state index contributed by atoms with van der Waals surface area (Å²) in [5.74, 6) is -0.322. The quantitative estimate of drug-likeness (QED) is 0.695. The fourth-order valence-electron chi connectivity index (χ4n) is 5.05. The van der Waals surface area contributed by atoms with Crippen molar-refractivity contribution in [3.8, 4) is 11.1 Å². The summed E-state index contributed by atoms with van der Waals surface area (Å²) in [5, 5.41) is 10.0. The van der Waals surface area contributed by atoms with E-state index < -0.39 is 0 Å². The summed E-state index contributed by atoms with van der Waals surface area (Å²) in [5.41, 5.74) is 5.05.